The van der Waals surface area contributed by atoms with Gasteiger partial charge in [0.05, 0.1) is 24.2 Å². The average molecular weight is 870 g/mol. The van der Waals surface area contributed by atoms with Crippen LogP contribution < -0.4 is 37.2 Å². The maximum atomic E-state index is 14.0. The standard InChI is InChI=1S/C48H71N9O6/c1-27(2)41(54-43(58)29(5)49-7)47(62)56-25-13-23-39(56)45(60)52-37-21-11-15-31-33(37)17-9-19-35(31)51-36-20-10-18-34-32(36)16-12-22-38(34)53-46(61)40-24-14-26-57(40)48(63)42(28(3)4)55-44(59)30(6)50-8/h9-10,17-20,27-30,37-42,49-51H,11-16,21-26H2,1-8H3,(H,52,60)(H,53,61)(H,54,58)(H,55,59)/t29-,30-,37+,38+,39-,40-,41-,42-/m0/s1. The molecule has 2 aromatic carbocycles. The van der Waals surface area contributed by atoms with Crippen molar-refractivity contribution in [3.8, 4) is 0 Å². The van der Waals surface area contributed by atoms with Crippen LogP contribution in [0.25, 0.3) is 0 Å². The van der Waals surface area contributed by atoms with Crippen molar-refractivity contribution in [2.45, 2.75) is 154 Å². The SMILES string of the molecule is CN[C@@H](C)C(=O)N[C@H](C(=O)N1CCC[C@H]1C(=O)N[C@@H]1CCCc2c(Nc3cccc4c3CCC[C@H]4NC(=O)[C@@H]3CCCN3C(=O)[C@@H](NC(=O)[C@H](C)NC)C(C)C)cccc21)C(C)C. The molecule has 0 aromatic heterocycles. The van der Waals surface area contributed by atoms with Gasteiger partial charge < -0.3 is 47.0 Å². The summed E-state index contributed by atoms with van der Waals surface area (Å²) in [5.74, 6) is -1.60. The lowest BCUT2D eigenvalue weighted by Gasteiger charge is -2.34. The first kappa shape index (κ1) is 47.5. The molecule has 8 atom stereocenters. The Kier molecular flexibility index (Phi) is 15.9. The van der Waals surface area contributed by atoms with E-state index in [1.807, 2.05) is 39.8 Å². The first-order valence-electron chi connectivity index (χ1n) is 23.3. The topological polar surface area (TPSA) is 193 Å². The minimum atomic E-state index is -0.730. The lowest BCUT2D eigenvalue weighted by Crippen LogP contribution is -2.57. The van der Waals surface area contributed by atoms with E-state index in [1.54, 1.807) is 37.7 Å². The maximum Gasteiger partial charge on any atom is 0.246 e. The Morgan fingerprint density at radius 2 is 0.952 bits per heavy atom. The number of fused-ring (bicyclic) bond motifs is 2. The zero-order chi connectivity index (χ0) is 45.5. The summed E-state index contributed by atoms with van der Waals surface area (Å²) in [5.41, 5.74) is 6.37. The number of nitrogens with one attached hydrogen (secondary N) is 7. The highest BCUT2D eigenvalue weighted by atomic mass is 16.2. The van der Waals surface area contributed by atoms with E-state index in [0.717, 1.165) is 72.2 Å². The Morgan fingerprint density at radius 1 is 0.556 bits per heavy atom. The van der Waals surface area contributed by atoms with E-state index in [2.05, 4.69) is 61.5 Å². The molecule has 7 N–H and O–H groups in total. The summed E-state index contributed by atoms with van der Waals surface area (Å²) in [6, 6.07) is 8.34. The number of anilines is 2. The lowest BCUT2D eigenvalue weighted by molar-refractivity contribution is -0.142. The highest BCUT2D eigenvalue weighted by Gasteiger charge is 2.42. The Hall–Kier alpha value is -5.02. The van der Waals surface area contributed by atoms with E-state index < -0.39 is 36.3 Å². The van der Waals surface area contributed by atoms with E-state index in [1.165, 1.54) is 0 Å². The van der Waals surface area contributed by atoms with Crippen LogP contribution in [0.5, 0.6) is 0 Å². The number of carbonyl (C=O) groups is 6. The van der Waals surface area contributed by atoms with Crippen molar-refractivity contribution in [3.05, 3.63) is 58.7 Å². The van der Waals surface area contributed by atoms with E-state index in [0.29, 0.717) is 38.8 Å². The third-order valence-electron chi connectivity index (χ3n) is 13.7. The minimum Gasteiger partial charge on any atom is -0.355 e. The molecule has 344 valence electrons. The van der Waals surface area contributed by atoms with Crippen LogP contribution in [0.3, 0.4) is 0 Å². The molecule has 15 nitrogen and oxygen atoms in total. The van der Waals surface area contributed by atoms with Crippen molar-refractivity contribution in [1.82, 2.24) is 41.7 Å². The first-order valence-corrected chi connectivity index (χ1v) is 23.3. The molecule has 2 saturated heterocycles. The van der Waals surface area contributed by atoms with E-state index in [9.17, 15) is 28.8 Å². The van der Waals surface area contributed by atoms with Crippen molar-refractivity contribution in [2.75, 3.05) is 32.5 Å². The van der Waals surface area contributed by atoms with Crippen molar-refractivity contribution in [2.24, 2.45) is 11.8 Å². The zero-order valence-corrected chi connectivity index (χ0v) is 38.6. The fourth-order valence-electron chi connectivity index (χ4n) is 9.72. The van der Waals surface area contributed by atoms with Gasteiger partial charge in [0, 0.05) is 24.5 Å². The van der Waals surface area contributed by atoms with Gasteiger partial charge in [0.25, 0.3) is 0 Å². The number of amides is 6. The largest absolute Gasteiger partial charge is 0.355 e. The van der Waals surface area contributed by atoms with Gasteiger partial charge in [-0.15, -0.1) is 0 Å². The van der Waals surface area contributed by atoms with Crippen LogP contribution in [0, 0.1) is 11.8 Å². The van der Waals surface area contributed by atoms with Gasteiger partial charge in [0.15, 0.2) is 0 Å². The molecule has 2 fully saturated rings. The molecule has 2 heterocycles. The summed E-state index contributed by atoms with van der Waals surface area (Å²) in [6.45, 7) is 12.0. The van der Waals surface area contributed by atoms with Crippen molar-refractivity contribution in [3.63, 3.8) is 0 Å². The second-order valence-electron chi connectivity index (χ2n) is 18.6. The van der Waals surface area contributed by atoms with Crippen LogP contribution in [-0.4, -0.2) is 109 Å². The monoisotopic (exact) mass is 870 g/mol. The van der Waals surface area contributed by atoms with Crippen LogP contribution in [-0.2, 0) is 41.6 Å². The number of hydrogen-bond acceptors (Lipinski definition) is 9. The number of likely N-dealkylation sites (N-methyl/N-ethyl adjacent to an activating group) is 2. The zero-order valence-electron chi connectivity index (χ0n) is 38.6. The quantitative estimate of drug-likeness (QED) is 0.131. The van der Waals surface area contributed by atoms with Crippen LogP contribution in [0.15, 0.2) is 36.4 Å². The molecule has 15 heteroatoms. The van der Waals surface area contributed by atoms with E-state index in [-0.39, 0.29) is 59.4 Å². The molecular formula is C48H71N9O6. The summed E-state index contributed by atoms with van der Waals surface area (Å²) in [4.78, 5) is 84.6. The van der Waals surface area contributed by atoms with Crippen LogP contribution in [0.4, 0.5) is 11.4 Å². The molecule has 4 aliphatic rings. The van der Waals surface area contributed by atoms with E-state index >= 15 is 0 Å². The van der Waals surface area contributed by atoms with Gasteiger partial charge in [-0.3, -0.25) is 28.8 Å². The van der Waals surface area contributed by atoms with Gasteiger partial charge in [-0.25, -0.2) is 0 Å². The second kappa shape index (κ2) is 21.1. The summed E-state index contributed by atoms with van der Waals surface area (Å²) < 4.78 is 0. The normalized spacial score (nSPS) is 22.6. The fraction of sp³-hybridized carbons (Fsp3) is 0.625. The Balaban J connectivity index is 1.14. The van der Waals surface area contributed by atoms with Gasteiger partial charge in [-0.2, -0.15) is 0 Å². The highest BCUT2D eigenvalue weighted by Crippen LogP contribution is 2.39. The molecule has 0 saturated carbocycles. The smallest absolute Gasteiger partial charge is 0.246 e. The summed E-state index contributed by atoms with van der Waals surface area (Å²) in [5, 5.41) is 22.1. The number of benzene rings is 2. The molecule has 2 aliphatic carbocycles. The third-order valence-corrected chi connectivity index (χ3v) is 13.7. The molecule has 0 bridgehead atoms. The predicted molar refractivity (Wildman–Crippen MR) is 244 cm³/mol. The number of likely N-dealkylation sites (tertiary alicyclic amines) is 2. The highest BCUT2D eigenvalue weighted by molar-refractivity contribution is 5.95. The lowest BCUT2D eigenvalue weighted by atomic mass is 9.85. The van der Waals surface area contributed by atoms with Crippen molar-refractivity contribution in [1.29, 1.82) is 0 Å². The van der Waals surface area contributed by atoms with Crippen LogP contribution >= 0.6 is 0 Å². The van der Waals surface area contributed by atoms with E-state index in [4.69, 9.17) is 0 Å². The number of hydrogen-bond donors (Lipinski definition) is 7. The molecule has 2 aromatic rings. The molecule has 0 radical (unpaired) electrons. The van der Waals surface area contributed by atoms with Gasteiger partial charge in [0.2, 0.25) is 35.4 Å². The van der Waals surface area contributed by atoms with Gasteiger partial charge in [-0.05, 0) is 138 Å². The van der Waals surface area contributed by atoms with Gasteiger partial charge in [0.1, 0.15) is 24.2 Å². The molecule has 0 spiro atoms. The summed E-state index contributed by atoms with van der Waals surface area (Å²) >= 11 is 0. The van der Waals surface area contributed by atoms with Crippen LogP contribution in [0.1, 0.15) is 127 Å². The predicted octanol–water partition coefficient (Wildman–Crippen LogP) is 3.90. The molecule has 6 rings (SSSR count). The minimum absolute atomic E-state index is 0.149. The number of nitrogens with zero attached hydrogens (tertiary/aromatic N) is 2. The molecule has 0 unspecified atom stereocenters. The van der Waals surface area contributed by atoms with Crippen LogP contribution in [0.2, 0.25) is 0 Å². The van der Waals surface area contributed by atoms with Gasteiger partial charge >= 0.3 is 0 Å². The second-order valence-corrected chi connectivity index (χ2v) is 18.6. The molecule has 6 amide bonds. The first-order chi connectivity index (χ1) is 30.1. The number of rotatable bonds is 16. The number of carbonyl (C=O) groups excluding carboxylic acids is 6. The fourth-order valence-corrected chi connectivity index (χ4v) is 9.72. The maximum absolute atomic E-state index is 14.0. The van der Waals surface area contributed by atoms with Crippen molar-refractivity contribution >= 4 is 46.8 Å². The Labute approximate surface area is 373 Å². The Bertz CT molecular complexity index is 1870. The average Bonchev–Trinajstić information content (AvgIpc) is 3.98. The Morgan fingerprint density at radius 3 is 1.32 bits per heavy atom. The summed E-state index contributed by atoms with van der Waals surface area (Å²) in [7, 11) is 3.40. The van der Waals surface area contributed by atoms with Gasteiger partial charge in [-0.1, -0.05) is 52.0 Å². The van der Waals surface area contributed by atoms with Crippen molar-refractivity contribution < 1.29 is 28.8 Å². The summed E-state index contributed by atoms with van der Waals surface area (Å²) in [6.07, 6.45) is 7.59. The molecule has 2 aliphatic heterocycles. The molecular weight excluding hydrogens is 799 g/mol. The third kappa shape index (κ3) is 10.7. The molecule has 63 heavy (non-hydrogen) atoms.